The molecule has 0 aliphatic carbocycles. The fraction of sp³-hybridized carbons (Fsp3) is 0.429. The maximum Gasteiger partial charge on any atom is 0.320 e. The van der Waals surface area contributed by atoms with Crippen LogP contribution >= 0.6 is 15.9 Å². The smallest absolute Gasteiger partial charge is 0.320 e. The number of methoxy groups -OCH3 is 1. The van der Waals surface area contributed by atoms with E-state index in [0.29, 0.717) is 32.2 Å². The second-order valence-corrected chi connectivity index (χ2v) is 10.6. The lowest BCUT2D eigenvalue weighted by atomic mass is 9.94. The van der Waals surface area contributed by atoms with Crippen LogP contribution in [0.2, 0.25) is 0 Å². The van der Waals surface area contributed by atoms with E-state index in [1.54, 1.807) is 23.9 Å². The molecule has 2 amide bonds. The van der Waals surface area contributed by atoms with Gasteiger partial charge in [0.25, 0.3) is 0 Å². The van der Waals surface area contributed by atoms with Gasteiger partial charge in [-0.2, -0.15) is 5.10 Å². The molecule has 8 nitrogen and oxygen atoms in total. The lowest BCUT2D eigenvalue weighted by molar-refractivity contribution is 0.0843. The van der Waals surface area contributed by atoms with Crippen LogP contribution < -0.4 is 10.6 Å². The van der Waals surface area contributed by atoms with E-state index >= 15 is 0 Å². The van der Waals surface area contributed by atoms with Crippen LogP contribution in [0.1, 0.15) is 35.9 Å². The van der Waals surface area contributed by atoms with Crippen LogP contribution in [-0.2, 0) is 9.47 Å². The molecule has 2 N–H and O–H groups in total. The van der Waals surface area contributed by atoms with Crippen LogP contribution in [0.3, 0.4) is 0 Å². The van der Waals surface area contributed by atoms with Crippen molar-refractivity contribution in [1.29, 1.82) is 0 Å². The molecule has 3 aromatic rings. The van der Waals surface area contributed by atoms with Crippen molar-refractivity contribution in [2.75, 3.05) is 51.9 Å². The summed E-state index contributed by atoms with van der Waals surface area (Å²) in [6, 6.07) is 15.8. The lowest BCUT2D eigenvalue weighted by Crippen LogP contribution is -2.42. The number of carbonyl (C=O) groups is 1. The maximum absolute atomic E-state index is 13.6. The Morgan fingerprint density at radius 1 is 1.13 bits per heavy atom. The largest absolute Gasteiger partial charge is 0.383 e. The van der Waals surface area contributed by atoms with Crippen LogP contribution in [-0.4, -0.2) is 73.3 Å². The fourth-order valence-electron chi connectivity index (χ4n) is 5.31. The summed E-state index contributed by atoms with van der Waals surface area (Å²) in [6.07, 6.45) is 1.77. The van der Waals surface area contributed by atoms with E-state index in [2.05, 4.69) is 31.5 Å². The molecule has 202 valence electrons. The molecule has 2 aliphatic rings. The number of nitrogens with zero attached hydrogens (tertiary/aromatic N) is 3. The Morgan fingerprint density at radius 2 is 1.87 bits per heavy atom. The molecule has 10 heteroatoms. The van der Waals surface area contributed by atoms with Gasteiger partial charge in [-0.25, -0.2) is 13.9 Å². The molecule has 2 aliphatic heterocycles. The first kappa shape index (κ1) is 26.8. The molecule has 0 saturated carbocycles. The van der Waals surface area contributed by atoms with Crippen molar-refractivity contribution in [2.45, 2.75) is 30.7 Å². The van der Waals surface area contributed by atoms with Gasteiger partial charge in [0.1, 0.15) is 5.82 Å². The molecule has 2 aromatic carbocycles. The van der Waals surface area contributed by atoms with E-state index in [9.17, 15) is 9.18 Å². The first-order chi connectivity index (χ1) is 18.5. The number of hydrogen-bond acceptors (Lipinski definition) is 5. The molecule has 0 bridgehead atoms. The highest BCUT2D eigenvalue weighted by atomic mass is 79.9. The predicted molar refractivity (Wildman–Crippen MR) is 147 cm³/mol. The van der Waals surface area contributed by atoms with Crippen molar-refractivity contribution >= 4 is 27.8 Å². The number of halogens is 2. The maximum atomic E-state index is 13.6. The fourth-order valence-corrected chi connectivity index (χ4v) is 5.98. The Bertz CT molecular complexity index is 1220. The van der Waals surface area contributed by atoms with E-state index in [1.165, 1.54) is 12.1 Å². The molecule has 5 rings (SSSR count). The van der Waals surface area contributed by atoms with Gasteiger partial charge in [0, 0.05) is 51.8 Å². The second-order valence-electron chi connectivity index (χ2n) is 9.80. The van der Waals surface area contributed by atoms with Crippen LogP contribution in [0.4, 0.5) is 15.0 Å². The van der Waals surface area contributed by atoms with E-state index < -0.39 is 0 Å². The highest BCUT2D eigenvalue weighted by molar-refractivity contribution is 9.10. The summed E-state index contributed by atoms with van der Waals surface area (Å²) >= 11 is 3.75. The first-order valence-corrected chi connectivity index (χ1v) is 13.8. The molecule has 1 aromatic heterocycles. The molecule has 0 unspecified atom stereocenters. The molecule has 0 spiro atoms. The van der Waals surface area contributed by atoms with Crippen molar-refractivity contribution < 1.29 is 18.7 Å². The SMILES string of the molecule is COCCN1C[C@@H](NC(=O)Nc2c(Br)c(C3CCOCC3)nn2-c2ccccc2)[C@H](c2ccc(F)cc2)C1. The van der Waals surface area contributed by atoms with Gasteiger partial charge in [0.05, 0.1) is 28.5 Å². The minimum atomic E-state index is -0.313. The van der Waals surface area contributed by atoms with E-state index in [1.807, 2.05) is 30.3 Å². The predicted octanol–water partition coefficient (Wildman–Crippen LogP) is 4.90. The molecule has 2 saturated heterocycles. The van der Waals surface area contributed by atoms with Gasteiger partial charge in [-0.3, -0.25) is 10.2 Å². The topological polar surface area (TPSA) is 80.7 Å². The zero-order valence-electron chi connectivity index (χ0n) is 21.4. The number of carbonyl (C=O) groups excluding carboxylic acids is 1. The van der Waals surface area contributed by atoms with Crippen LogP contribution in [0.5, 0.6) is 0 Å². The second kappa shape index (κ2) is 12.4. The Labute approximate surface area is 230 Å². The van der Waals surface area contributed by atoms with Crippen molar-refractivity contribution in [2.24, 2.45) is 0 Å². The highest BCUT2D eigenvalue weighted by Gasteiger charge is 2.35. The monoisotopic (exact) mass is 585 g/mol. The Hall–Kier alpha value is -2.79. The number of anilines is 1. The molecule has 3 heterocycles. The number of benzene rings is 2. The summed E-state index contributed by atoms with van der Waals surface area (Å²) in [4.78, 5) is 15.7. The van der Waals surface area contributed by atoms with Gasteiger partial charge in [-0.1, -0.05) is 30.3 Å². The van der Waals surface area contributed by atoms with Crippen molar-refractivity contribution in [3.8, 4) is 5.69 Å². The van der Waals surface area contributed by atoms with Gasteiger partial charge >= 0.3 is 6.03 Å². The zero-order chi connectivity index (χ0) is 26.5. The van der Waals surface area contributed by atoms with Gasteiger partial charge in [-0.05, 0) is 58.6 Å². The Balaban J connectivity index is 1.38. The van der Waals surface area contributed by atoms with Crippen LogP contribution in [0.15, 0.2) is 59.1 Å². The van der Waals surface area contributed by atoms with Crippen molar-refractivity contribution in [1.82, 2.24) is 20.0 Å². The quantitative estimate of drug-likeness (QED) is 0.393. The summed E-state index contributed by atoms with van der Waals surface area (Å²) in [5, 5.41) is 11.2. The summed E-state index contributed by atoms with van der Waals surface area (Å²) in [7, 11) is 1.68. The number of likely N-dealkylation sites (tertiary alicyclic amines) is 1. The molecule has 2 atom stereocenters. The Morgan fingerprint density at radius 3 is 2.58 bits per heavy atom. The lowest BCUT2D eigenvalue weighted by Gasteiger charge is -2.21. The summed E-state index contributed by atoms with van der Waals surface area (Å²) in [5.41, 5.74) is 2.77. The standard InChI is InChI=1S/C28H33BrFN5O3/c1-37-16-13-34-17-23(19-7-9-21(30)10-8-19)24(18-34)31-28(36)32-27-25(29)26(20-11-14-38-15-12-20)33-35(27)22-5-3-2-4-6-22/h2-10,20,23-24H,11-18H2,1H3,(H2,31,32,36)/t23-,24+/m0/s1. The summed E-state index contributed by atoms with van der Waals surface area (Å²) in [6.45, 7) is 4.18. The molecule has 0 radical (unpaired) electrons. The minimum absolute atomic E-state index is 0.0264. The number of nitrogens with one attached hydrogen (secondary N) is 2. The molecular weight excluding hydrogens is 553 g/mol. The first-order valence-electron chi connectivity index (χ1n) is 13.0. The van der Waals surface area contributed by atoms with Crippen molar-refractivity contribution in [3.63, 3.8) is 0 Å². The van der Waals surface area contributed by atoms with E-state index in [-0.39, 0.29) is 29.7 Å². The number of urea groups is 1. The normalized spacial score (nSPS) is 20.5. The van der Waals surface area contributed by atoms with Gasteiger partial charge in [-0.15, -0.1) is 0 Å². The number of aromatic nitrogens is 2. The van der Waals surface area contributed by atoms with Gasteiger partial charge < -0.3 is 14.8 Å². The third-order valence-corrected chi connectivity index (χ3v) is 8.10. The summed E-state index contributed by atoms with van der Waals surface area (Å²) < 4.78 is 27.0. The average Bonchev–Trinajstić information content (AvgIpc) is 3.49. The number of para-hydroxylation sites is 1. The van der Waals surface area contributed by atoms with Crippen LogP contribution in [0.25, 0.3) is 5.69 Å². The van der Waals surface area contributed by atoms with E-state index in [0.717, 1.165) is 47.3 Å². The molecular formula is C28H33BrFN5O3. The van der Waals surface area contributed by atoms with Gasteiger partial charge in [0.2, 0.25) is 0 Å². The van der Waals surface area contributed by atoms with Gasteiger partial charge in [0.15, 0.2) is 5.82 Å². The third kappa shape index (κ3) is 6.09. The van der Waals surface area contributed by atoms with Crippen LogP contribution in [0, 0.1) is 5.82 Å². The van der Waals surface area contributed by atoms with E-state index in [4.69, 9.17) is 14.6 Å². The number of rotatable bonds is 8. The Kier molecular flexibility index (Phi) is 8.73. The third-order valence-electron chi connectivity index (χ3n) is 7.31. The number of ether oxygens (including phenoxy) is 2. The average molecular weight is 587 g/mol. The number of hydrogen-bond donors (Lipinski definition) is 2. The zero-order valence-corrected chi connectivity index (χ0v) is 23.0. The number of amides is 2. The highest BCUT2D eigenvalue weighted by Crippen LogP contribution is 2.37. The minimum Gasteiger partial charge on any atom is -0.383 e. The van der Waals surface area contributed by atoms with Crippen molar-refractivity contribution in [3.05, 3.63) is 76.1 Å². The molecule has 2 fully saturated rings. The summed E-state index contributed by atoms with van der Waals surface area (Å²) in [5.74, 6) is 0.588. The molecule has 38 heavy (non-hydrogen) atoms.